The maximum atomic E-state index is 12.5. The van der Waals surface area contributed by atoms with E-state index >= 15 is 0 Å². The minimum absolute atomic E-state index is 0.0473. The highest BCUT2D eigenvalue weighted by atomic mass is 35.5. The molecule has 3 aromatic rings. The average molecular weight is 418 g/mol. The van der Waals surface area contributed by atoms with E-state index in [0.717, 1.165) is 16.8 Å². The van der Waals surface area contributed by atoms with Crippen molar-refractivity contribution in [1.82, 2.24) is 9.78 Å². The highest BCUT2D eigenvalue weighted by Gasteiger charge is 2.21. The fraction of sp³-hybridized carbons (Fsp3) is 0.200. The Morgan fingerprint density at radius 3 is 2.25 bits per heavy atom. The van der Waals surface area contributed by atoms with Crippen molar-refractivity contribution >= 4 is 33.2 Å². The molecule has 0 aliphatic carbocycles. The standard InChI is InChI=1S/C20H20ClN3O3S/c1-13-8-14(2)10-17(9-13)24-19(11-15(3)23-24)22-20(25)12-28(26,27)18-6-4-16(21)5-7-18/h4-11H,12H2,1-3H3,(H,22,25). The van der Waals surface area contributed by atoms with Gasteiger partial charge in [-0.2, -0.15) is 5.10 Å². The third kappa shape index (κ3) is 4.61. The third-order valence-corrected chi connectivity index (χ3v) is 5.93. The van der Waals surface area contributed by atoms with Crippen LogP contribution >= 0.6 is 11.6 Å². The van der Waals surface area contributed by atoms with Gasteiger partial charge in [-0.3, -0.25) is 4.79 Å². The molecule has 2 aromatic carbocycles. The number of nitrogens with zero attached hydrogens (tertiary/aromatic N) is 2. The van der Waals surface area contributed by atoms with Crippen molar-refractivity contribution in [3.63, 3.8) is 0 Å². The summed E-state index contributed by atoms with van der Waals surface area (Å²) < 4.78 is 26.5. The van der Waals surface area contributed by atoms with Gasteiger partial charge in [-0.25, -0.2) is 13.1 Å². The van der Waals surface area contributed by atoms with Gasteiger partial charge in [0.1, 0.15) is 11.6 Å². The van der Waals surface area contributed by atoms with Crippen LogP contribution in [0.15, 0.2) is 53.4 Å². The lowest BCUT2D eigenvalue weighted by Crippen LogP contribution is -2.24. The molecule has 146 valence electrons. The van der Waals surface area contributed by atoms with Crippen molar-refractivity contribution in [2.75, 3.05) is 11.1 Å². The van der Waals surface area contributed by atoms with Crippen molar-refractivity contribution in [2.45, 2.75) is 25.7 Å². The van der Waals surface area contributed by atoms with Crippen molar-refractivity contribution < 1.29 is 13.2 Å². The van der Waals surface area contributed by atoms with E-state index in [1.165, 1.54) is 24.3 Å². The minimum atomic E-state index is -3.78. The number of hydrogen-bond donors (Lipinski definition) is 1. The van der Waals surface area contributed by atoms with Crippen molar-refractivity contribution in [1.29, 1.82) is 0 Å². The summed E-state index contributed by atoms with van der Waals surface area (Å²) in [6, 6.07) is 13.3. The SMILES string of the molecule is Cc1cc(C)cc(-n2nc(C)cc2NC(=O)CS(=O)(=O)c2ccc(Cl)cc2)c1. The van der Waals surface area contributed by atoms with Crippen LogP contribution < -0.4 is 5.32 Å². The van der Waals surface area contributed by atoms with E-state index in [2.05, 4.69) is 10.4 Å². The first-order valence-electron chi connectivity index (χ1n) is 8.57. The Balaban J connectivity index is 1.84. The number of amides is 1. The number of aromatic nitrogens is 2. The summed E-state index contributed by atoms with van der Waals surface area (Å²) in [4.78, 5) is 12.5. The number of nitrogens with one attached hydrogen (secondary N) is 1. The lowest BCUT2D eigenvalue weighted by atomic mass is 10.1. The number of halogens is 1. The molecule has 0 unspecified atom stereocenters. The molecule has 0 aliphatic heterocycles. The van der Waals surface area contributed by atoms with Gasteiger partial charge >= 0.3 is 0 Å². The molecule has 1 aromatic heterocycles. The predicted molar refractivity (Wildman–Crippen MR) is 110 cm³/mol. The molecule has 0 saturated carbocycles. The molecule has 28 heavy (non-hydrogen) atoms. The van der Waals surface area contributed by atoms with Gasteiger partial charge in [-0.15, -0.1) is 0 Å². The van der Waals surface area contributed by atoms with Gasteiger partial charge in [0.2, 0.25) is 5.91 Å². The number of benzene rings is 2. The van der Waals surface area contributed by atoms with Crippen molar-refractivity contribution in [2.24, 2.45) is 0 Å². The Bertz CT molecular complexity index is 1120. The number of carbonyl (C=O) groups is 1. The number of hydrogen-bond acceptors (Lipinski definition) is 4. The monoisotopic (exact) mass is 417 g/mol. The molecule has 1 N–H and O–H groups in total. The molecule has 8 heteroatoms. The van der Waals surface area contributed by atoms with E-state index in [-0.39, 0.29) is 4.90 Å². The summed E-state index contributed by atoms with van der Waals surface area (Å²) >= 11 is 5.79. The first-order valence-corrected chi connectivity index (χ1v) is 10.6. The van der Waals surface area contributed by atoms with Crippen LogP contribution in [0.2, 0.25) is 5.02 Å². The van der Waals surface area contributed by atoms with Gasteiger partial charge in [0, 0.05) is 11.1 Å². The largest absolute Gasteiger partial charge is 0.310 e. The van der Waals surface area contributed by atoms with Crippen LogP contribution in [0.25, 0.3) is 5.69 Å². The maximum absolute atomic E-state index is 12.5. The van der Waals surface area contributed by atoms with Gasteiger partial charge in [-0.05, 0) is 68.3 Å². The minimum Gasteiger partial charge on any atom is -0.310 e. The summed E-state index contributed by atoms with van der Waals surface area (Å²) in [7, 11) is -3.78. The van der Waals surface area contributed by atoms with Crippen LogP contribution in [0.5, 0.6) is 0 Å². The second-order valence-electron chi connectivity index (χ2n) is 6.69. The zero-order valence-electron chi connectivity index (χ0n) is 15.7. The third-order valence-electron chi connectivity index (χ3n) is 4.04. The average Bonchev–Trinajstić information content (AvgIpc) is 2.94. The summed E-state index contributed by atoms with van der Waals surface area (Å²) in [6.07, 6.45) is 0. The summed E-state index contributed by atoms with van der Waals surface area (Å²) in [6.45, 7) is 5.76. The Kier molecular flexibility index (Phi) is 5.58. The summed E-state index contributed by atoms with van der Waals surface area (Å²) in [5.74, 6) is -0.898. The molecule has 3 rings (SSSR count). The summed E-state index contributed by atoms with van der Waals surface area (Å²) in [5, 5.41) is 7.51. The molecule has 6 nitrogen and oxygen atoms in total. The number of aryl methyl sites for hydroxylation is 3. The van der Waals surface area contributed by atoms with Crippen LogP contribution in [0.3, 0.4) is 0 Å². The van der Waals surface area contributed by atoms with E-state index < -0.39 is 21.5 Å². The zero-order chi connectivity index (χ0) is 20.5. The van der Waals surface area contributed by atoms with Crippen LogP contribution in [0.4, 0.5) is 5.82 Å². The predicted octanol–water partition coefficient (Wildman–Crippen LogP) is 3.86. The maximum Gasteiger partial charge on any atom is 0.241 e. The lowest BCUT2D eigenvalue weighted by Gasteiger charge is -2.11. The number of rotatable bonds is 5. The van der Waals surface area contributed by atoms with Crippen LogP contribution in [-0.2, 0) is 14.6 Å². The second-order valence-corrected chi connectivity index (χ2v) is 9.12. The highest BCUT2D eigenvalue weighted by Crippen LogP contribution is 2.21. The fourth-order valence-electron chi connectivity index (χ4n) is 2.94. The van der Waals surface area contributed by atoms with Crippen LogP contribution in [0, 0.1) is 20.8 Å². The molecule has 1 amide bonds. The second kappa shape index (κ2) is 7.77. The molecule has 0 radical (unpaired) electrons. The zero-order valence-corrected chi connectivity index (χ0v) is 17.3. The Labute approximate surface area is 169 Å². The highest BCUT2D eigenvalue weighted by molar-refractivity contribution is 7.92. The molecular formula is C20H20ClN3O3S. The van der Waals surface area contributed by atoms with Gasteiger partial charge in [-0.1, -0.05) is 17.7 Å². The van der Waals surface area contributed by atoms with Crippen LogP contribution in [0.1, 0.15) is 16.8 Å². The Hall–Kier alpha value is -2.64. The smallest absolute Gasteiger partial charge is 0.241 e. The molecule has 0 bridgehead atoms. The normalized spacial score (nSPS) is 11.4. The van der Waals surface area contributed by atoms with E-state index in [1.54, 1.807) is 17.7 Å². The first kappa shape index (κ1) is 20.1. The summed E-state index contributed by atoms with van der Waals surface area (Å²) in [5.41, 5.74) is 3.62. The van der Waals surface area contributed by atoms with Crippen molar-refractivity contribution in [3.8, 4) is 5.69 Å². The number of carbonyl (C=O) groups excluding carboxylic acids is 1. The first-order chi connectivity index (χ1) is 13.1. The molecule has 0 fully saturated rings. The van der Waals surface area contributed by atoms with Gasteiger partial charge < -0.3 is 5.32 Å². The molecule has 0 saturated heterocycles. The Morgan fingerprint density at radius 1 is 1.04 bits per heavy atom. The molecule has 0 aliphatic rings. The van der Waals surface area contributed by atoms with E-state index in [9.17, 15) is 13.2 Å². The van der Waals surface area contributed by atoms with E-state index in [1.807, 2.05) is 32.0 Å². The van der Waals surface area contributed by atoms with Crippen molar-refractivity contribution in [3.05, 3.63) is 70.4 Å². The number of sulfone groups is 1. The quantitative estimate of drug-likeness (QED) is 0.683. The molecule has 0 spiro atoms. The Morgan fingerprint density at radius 2 is 1.64 bits per heavy atom. The van der Waals surface area contributed by atoms with E-state index in [0.29, 0.717) is 16.5 Å². The van der Waals surface area contributed by atoms with Gasteiger partial charge in [0.15, 0.2) is 9.84 Å². The van der Waals surface area contributed by atoms with Gasteiger partial charge in [0.05, 0.1) is 16.3 Å². The molecular weight excluding hydrogens is 398 g/mol. The van der Waals surface area contributed by atoms with Gasteiger partial charge in [0.25, 0.3) is 0 Å². The molecule has 0 atom stereocenters. The fourth-order valence-corrected chi connectivity index (χ4v) is 4.20. The lowest BCUT2D eigenvalue weighted by molar-refractivity contribution is -0.113. The van der Waals surface area contributed by atoms with E-state index in [4.69, 9.17) is 11.6 Å². The van der Waals surface area contributed by atoms with Crippen LogP contribution in [-0.4, -0.2) is 29.9 Å². The molecule has 1 heterocycles. The number of anilines is 1. The topological polar surface area (TPSA) is 81.1 Å².